The van der Waals surface area contributed by atoms with E-state index in [1.165, 1.54) is 0 Å². The normalized spacial score (nSPS) is 12.8. The van der Waals surface area contributed by atoms with Crippen LogP contribution in [0.2, 0.25) is 0 Å². The van der Waals surface area contributed by atoms with Crippen LogP contribution in [0, 0.1) is 20.8 Å². The number of carbonyl (C=O) groups is 1. The molecular formula is C27H32N4O4. The predicted molar refractivity (Wildman–Crippen MR) is 135 cm³/mol. The lowest BCUT2D eigenvalue weighted by Crippen LogP contribution is -2.42. The van der Waals surface area contributed by atoms with Gasteiger partial charge in [0.15, 0.2) is 11.5 Å². The average molecular weight is 477 g/mol. The van der Waals surface area contributed by atoms with Crippen LogP contribution >= 0.6 is 0 Å². The molecule has 4 rings (SSSR count). The highest BCUT2D eigenvalue weighted by Gasteiger charge is 2.22. The van der Waals surface area contributed by atoms with E-state index >= 15 is 0 Å². The molecule has 2 N–H and O–H groups in total. The lowest BCUT2D eigenvalue weighted by molar-refractivity contribution is -0.118. The molecule has 0 saturated carbocycles. The van der Waals surface area contributed by atoms with Gasteiger partial charge in [0.2, 0.25) is 5.91 Å². The number of fused-ring (bicyclic) bond motifs is 3. The van der Waals surface area contributed by atoms with Gasteiger partial charge in [0.1, 0.15) is 5.49 Å². The van der Waals surface area contributed by atoms with Gasteiger partial charge in [-0.25, -0.2) is 9.79 Å². The highest BCUT2D eigenvalue weighted by molar-refractivity contribution is 5.73. The molecule has 0 aliphatic carbocycles. The average Bonchev–Trinajstić information content (AvgIpc) is 2.80. The number of amides is 1. The second-order valence-corrected chi connectivity index (χ2v) is 8.89. The lowest BCUT2D eigenvalue weighted by Gasteiger charge is -2.25. The molecule has 0 atom stereocenters. The molecule has 1 amide bonds. The summed E-state index contributed by atoms with van der Waals surface area (Å²) >= 11 is 0. The molecule has 0 bridgehead atoms. The first-order valence-electron chi connectivity index (χ1n) is 11.8. The van der Waals surface area contributed by atoms with Gasteiger partial charge in [-0.1, -0.05) is 17.7 Å². The number of primary amides is 1. The Morgan fingerprint density at radius 3 is 2.43 bits per heavy atom. The topological polar surface area (TPSA) is 101 Å². The van der Waals surface area contributed by atoms with E-state index in [0.29, 0.717) is 36.6 Å². The smallest absolute Gasteiger partial charge is 0.330 e. The third kappa shape index (κ3) is 4.73. The largest absolute Gasteiger partial charge is 0.493 e. The Morgan fingerprint density at radius 1 is 1.09 bits per heavy atom. The van der Waals surface area contributed by atoms with E-state index < -0.39 is 5.91 Å². The van der Waals surface area contributed by atoms with E-state index in [1.807, 2.05) is 45.9 Å². The van der Waals surface area contributed by atoms with Gasteiger partial charge in [0.05, 0.1) is 25.1 Å². The third-order valence-electron chi connectivity index (χ3n) is 6.31. The first kappa shape index (κ1) is 24.3. The molecule has 2 heterocycles. The summed E-state index contributed by atoms with van der Waals surface area (Å²) in [4.78, 5) is 30.1. The van der Waals surface area contributed by atoms with Crippen molar-refractivity contribution in [3.8, 4) is 22.8 Å². The Labute approximate surface area is 204 Å². The van der Waals surface area contributed by atoms with Crippen LogP contribution < -0.4 is 26.4 Å². The first-order valence-corrected chi connectivity index (χ1v) is 11.8. The number of methoxy groups -OCH3 is 1. The second-order valence-electron chi connectivity index (χ2n) is 8.89. The van der Waals surface area contributed by atoms with Crippen LogP contribution in [0.1, 0.15) is 35.6 Å². The SMILES string of the molecule is CCOc1cc2c(cc1OC)-c1c/c(=N\c3c(C)cc(C)cc3C)n(CCC(N)=O)c(=O)n1CC2. The predicted octanol–water partition coefficient (Wildman–Crippen LogP) is 3.31. The molecule has 2 aromatic carbocycles. The molecule has 184 valence electrons. The third-order valence-corrected chi connectivity index (χ3v) is 6.31. The Bertz CT molecular complexity index is 1410. The van der Waals surface area contributed by atoms with Crippen LogP contribution in [-0.2, 0) is 24.3 Å². The number of aromatic nitrogens is 2. The summed E-state index contributed by atoms with van der Waals surface area (Å²) in [5.74, 6) is 0.834. The Morgan fingerprint density at radius 2 is 1.80 bits per heavy atom. The van der Waals surface area contributed by atoms with Crippen molar-refractivity contribution in [2.24, 2.45) is 10.7 Å². The molecule has 1 aromatic heterocycles. The molecule has 0 saturated heterocycles. The minimum absolute atomic E-state index is 0.0514. The van der Waals surface area contributed by atoms with Crippen molar-refractivity contribution in [1.82, 2.24) is 9.13 Å². The molecule has 0 unspecified atom stereocenters. The van der Waals surface area contributed by atoms with E-state index in [0.717, 1.165) is 39.2 Å². The van der Waals surface area contributed by atoms with Crippen molar-refractivity contribution < 1.29 is 14.3 Å². The fourth-order valence-electron chi connectivity index (χ4n) is 4.76. The number of hydrogen-bond donors (Lipinski definition) is 1. The zero-order valence-electron chi connectivity index (χ0n) is 21.0. The summed E-state index contributed by atoms with van der Waals surface area (Å²) in [7, 11) is 1.60. The van der Waals surface area contributed by atoms with E-state index in [-0.39, 0.29) is 18.7 Å². The van der Waals surface area contributed by atoms with Gasteiger partial charge in [-0.2, -0.15) is 0 Å². The standard InChI is InChI=1S/C27H32N4O4/c1-6-35-23-13-19-7-9-30-21(20(19)14-22(23)34-5)15-25(31(27(30)33)10-8-24(28)32)29-26-17(3)11-16(2)12-18(26)4/h11-15H,6-10H2,1-5H3,(H2,28,32)/b29-25+. The van der Waals surface area contributed by atoms with E-state index in [1.54, 1.807) is 16.2 Å². The van der Waals surface area contributed by atoms with Crippen LogP contribution in [0.3, 0.4) is 0 Å². The van der Waals surface area contributed by atoms with Crippen molar-refractivity contribution >= 4 is 11.6 Å². The zero-order chi connectivity index (χ0) is 25.3. The Kier molecular flexibility index (Phi) is 6.82. The van der Waals surface area contributed by atoms with Crippen molar-refractivity contribution in [2.75, 3.05) is 13.7 Å². The van der Waals surface area contributed by atoms with Crippen molar-refractivity contribution in [1.29, 1.82) is 0 Å². The minimum Gasteiger partial charge on any atom is -0.493 e. The number of nitrogens with two attached hydrogens (primary N) is 1. The first-order chi connectivity index (χ1) is 16.7. The number of hydrogen-bond acceptors (Lipinski definition) is 5. The number of carbonyl (C=O) groups excluding carboxylic acids is 1. The molecule has 0 fully saturated rings. The molecule has 3 aromatic rings. The number of benzene rings is 2. The van der Waals surface area contributed by atoms with Gasteiger partial charge in [-0.3, -0.25) is 13.9 Å². The van der Waals surface area contributed by atoms with Crippen LogP contribution in [0.5, 0.6) is 11.5 Å². The highest BCUT2D eigenvalue weighted by atomic mass is 16.5. The van der Waals surface area contributed by atoms with E-state index in [9.17, 15) is 9.59 Å². The van der Waals surface area contributed by atoms with Gasteiger partial charge in [-0.05, 0) is 62.9 Å². The zero-order valence-corrected chi connectivity index (χ0v) is 21.0. The number of rotatable bonds is 7. The Balaban J connectivity index is 2.00. The van der Waals surface area contributed by atoms with Crippen LogP contribution in [0.25, 0.3) is 11.3 Å². The van der Waals surface area contributed by atoms with Gasteiger partial charge in [-0.15, -0.1) is 0 Å². The fourth-order valence-corrected chi connectivity index (χ4v) is 4.76. The van der Waals surface area contributed by atoms with Gasteiger partial charge < -0.3 is 15.2 Å². The highest BCUT2D eigenvalue weighted by Crippen LogP contribution is 2.37. The molecule has 35 heavy (non-hydrogen) atoms. The van der Waals surface area contributed by atoms with Crippen LogP contribution in [0.4, 0.5) is 5.69 Å². The van der Waals surface area contributed by atoms with Gasteiger partial charge in [0.25, 0.3) is 0 Å². The van der Waals surface area contributed by atoms with Gasteiger partial charge >= 0.3 is 5.69 Å². The van der Waals surface area contributed by atoms with Crippen LogP contribution in [-0.4, -0.2) is 28.8 Å². The van der Waals surface area contributed by atoms with Crippen molar-refractivity contribution in [3.63, 3.8) is 0 Å². The summed E-state index contributed by atoms with van der Waals surface area (Å²) in [5, 5.41) is 0. The summed E-state index contributed by atoms with van der Waals surface area (Å²) in [6, 6.07) is 9.97. The summed E-state index contributed by atoms with van der Waals surface area (Å²) in [5.41, 5.74) is 12.4. The Hall–Kier alpha value is -3.81. The summed E-state index contributed by atoms with van der Waals surface area (Å²) < 4.78 is 14.6. The summed E-state index contributed by atoms with van der Waals surface area (Å²) in [6.07, 6.45) is 0.727. The fraction of sp³-hybridized carbons (Fsp3) is 0.370. The molecule has 0 radical (unpaired) electrons. The number of nitrogens with zero attached hydrogens (tertiary/aromatic N) is 3. The lowest BCUT2D eigenvalue weighted by atomic mass is 9.97. The monoisotopic (exact) mass is 476 g/mol. The second kappa shape index (κ2) is 9.82. The number of ether oxygens (including phenoxy) is 2. The maximum atomic E-state index is 13.7. The van der Waals surface area contributed by atoms with E-state index in [4.69, 9.17) is 20.2 Å². The van der Waals surface area contributed by atoms with Gasteiger partial charge in [0, 0.05) is 31.1 Å². The summed E-state index contributed by atoms with van der Waals surface area (Å²) in [6.45, 7) is 9.20. The maximum Gasteiger partial charge on any atom is 0.330 e. The molecule has 8 nitrogen and oxygen atoms in total. The quantitative estimate of drug-likeness (QED) is 0.565. The molecule has 8 heteroatoms. The molecule has 0 spiro atoms. The minimum atomic E-state index is -0.466. The maximum absolute atomic E-state index is 13.7. The van der Waals surface area contributed by atoms with Crippen molar-refractivity contribution in [2.45, 2.75) is 53.6 Å². The molecular weight excluding hydrogens is 444 g/mol. The number of aryl methyl sites for hydroxylation is 4. The van der Waals surface area contributed by atoms with Crippen molar-refractivity contribution in [3.05, 3.63) is 68.6 Å². The molecule has 1 aliphatic rings. The van der Waals surface area contributed by atoms with E-state index in [2.05, 4.69) is 12.1 Å². The van der Waals surface area contributed by atoms with Crippen LogP contribution in [0.15, 0.2) is 40.1 Å². The molecule has 1 aliphatic heterocycles.